The lowest BCUT2D eigenvalue weighted by molar-refractivity contribution is 0.0414. The minimum atomic E-state index is 0.190. The van der Waals surface area contributed by atoms with Crippen LogP contribution in [0.25, 0.3) is 10.9 Å². The largest absolute Gasteiger partial charge is 0.379 e. The molecule has 1 N–H and O–H groups in total. The van der Waals surface area contributed by atoms with Crippen molar-refractivity contribution in [1.82, 2.24) is 19.8 Å². The molecular weight excluding hydrogens is 402 g/mol. The van der Waals surface area contributed by atoms with E-state index in [1.165, 1.54) is 16.7 Å². The summed E-state index contributed by atoms with van der Waals surface area (Å²) in [6.45, 7) is 11.4. The van der Waals surface area contributed by atoms with Gasteiger partial charge in [-0.25, -0.2) is 9.97 Å². The molecule has 5 rings (SSSR count). The second kappa shape index (κ2) is 10.1. The molecule has 32 heavy (non-hydrogen) atoms. The Morgan fingerprint density at radius 2 is 1.72 bits per heavy atom. The second-order valence-electron chi connectivity index (χ2n) is 9.03. The average Bonchev–Trinajstić information content (AvgIpc) is 2.80. The van der Waals surface area contributed by atoms with Gasteiger partial charge in [-0.1, -0.05) is 29.4 Å². The van der Waals surface area contributed by atoms with Gasteiger partial charge in [0.25, 0.3) is 0 Å². The Balaban J connectivity index is 1.32. The summed E-state index contributed by atoms with van der Waals surface area (Å²) < 4.78 is 11.1. The fourth-order valence-corrected chi connectivity index (χ4v) is 4.72. The third-order valence-corrected chi connectivity index (χ3v) is 6.38. The van der Waals surface area contributed by atoms with Crippen molar-refractivity contribution in [3.05, 3.63) is 53.3 Å². The van der Waals surface area contributed by atoms with Gasteiger partial charge < -0.3 is 14.8 Å². The minimum absolute atomic E-state index is 0.190. The predicted octanol–water partition coefficient (Wildman–Crippen LogP) is 2.64. The maximum atomic E-state index is 5.53. The number of nitrogens with one attached hydrogen (secondary N) is 1. The summed E-state index contributed by atoms with van der Waals surface area (Å²) in [6.07, 6.45) is 7.66. The van der Waals surface area contributed by atoms with Crippen LogP contribution in [0.5, 0.6) is 0 Å². The second-order valence-corrected chi connectivity index (χ2v) is 9.03. The van der Waals surface area contributed by atoms with Gasteiger partial charge >= 0.3 is 0 Å². The van der Waals surface area contributed by atoms with Gasteiger partial charge in [0, 0.05) is 50.9 Å². The van der Waals surface area contributed by atoms with Crippen LogP contribution in [0.1, 0.15) is 12.0 Å². The van der Waals surface area contributed by atoms with Crippen LogP contribution < -0.4 is 5.32 Å². The maximum Gasteiger partial charge on any atom is 0.223 e. The molecule has 7 nitrogen and oxygen atoms in total. The Morgan fingerprint density at radius 3 is 2.47 bits per heavy atom. The molecule has 1 atom stereocenters. The Bertz CT molecular complexity index is 993. The molecule has 2 aliphatic heterocycles. The minimum Gasteiger partial charge on any atom is -0.379 e. The first-order valence-corrected chi connectivity index (χ1v) is 11.7. The molecule has 3 aliphatic rings. The van der Waals surface area contributed by atoms with Crippen molar-refractivity contribution >= 4 is 16.9 Å². The van der Waals surface area contributed by atoms with E-state index in [1.807, 2.05) is 6.20 Å². The number of ether oxygens (including phenoxy) is 2. The molecule has 0 saturated carbocycles. The zero-order valence-corrected chi connectivity index (χ0v) is 18.9. The number of hydrogen-bond donors (Lipinski definition) is 1. The molecule has 2 fully saturated rings. The number of fused-ring (bicyclic) bond motifs is 1. The fraction of sp³-hybridized carbons (Fsp3) is 0.520. The SMILES string of the molecule is Cc1ccc2nc(NC3C=C(CN4CCOCC4)C=C(CN4CCOCC4)C3)ncc2c1. The number of anilines is 1. The van der Waals surface area contributed by atoms with E-state index in [0.29, 0.717) is 5.95 Å². The number of hydrogen-bond acceptors (Lipinski definition) is 7. The number of nitrogens with zero attached hydrogens (tertiary/aromatic N) is 4. The first kappa shape index (κ1) is 21.5. The molecule has 3 heterocycles. The number of benzene rings is 1. The zero-order valence-electron chi connectivity index (χ0n) is 18.9. The van der Waals surface area contributed by atoms with Crippen LogP contribution in [0.2, 0.25) is 0 Å². The van der Waals surface area contributed by atoms with Crippen molar-refractivity contribution < 1.29 is 9.47 Å². The highest BCUT2D eigenvalue weighted by atomic mass is 16.5. The molecule has 0 bridgehead atoms. The third-order valence-electron chi connectivity index (χ3n) is 6.38. The van der Waals surface area contributed by atoms with Crippen LogP contribution in [-0.4, -0.2) is 91.5 Å². The Kier molecular flexibility index (Phi) is 6.78. The molecule has 170 valence electrons. The summed E-state index contributed by atoms with van der Waals surface area (Å²) in [6, 6.07) is 6.49. The highest BCUT2D eigenvalue weighted by Crippen LogP contribution is 2.23. The van der Waals surface area contributed by atoms with Crippen LogP contribution in [-0.2, 0) is 9.47 Å². The van der Waals surface area contributed by atoms with Crippen LogP contribution in [0, 0.1) is 6.92 Å². The smallest absolute Gasteiger partial charge is 0.223 e. The standard InChI is InChI=1S/C25H33N5O2/c1-19-2-3-24-22(12-19)16-26-25(28-24)27-23-14-20(17-29-4-8-31-9-5-29)13-21(15-23)18-30-6-10-32-11-7-30/h2-3,12-14,16,23H,4-11,15,17-18H2,1H3,(H,26,27,28). The van der Waals surface area contributed by atoms with Crippen LogP contribution in [0.15, 0.2) is 47.7 Å². The van der Waals surface area contributed by atoms with E-state index in [2.05, 4.69) is 57.4 Å². The van der Waals surface area contributed by atoms with E-state index < -0.39 is 0 Å². The van der Waals surface area contributed by atoms with Gasteiger partial charge in [0.2, 0.25) is 5.95 Å². The Hall–Kier alpha value is -2.32. The molecular formula is C25H33N5O2. The molecule has 2 saturated heterocycles. The third kappa shape index (κ3) is 5.53. The Labute approximate surface area is 190 Å². The lowest BCUT2D eigenvalue weighted by atomic mass is 9.94. The summed E-state index contributed by atoms with van der Waals surface area (Å²) in [7, 11) is 0. The quantitative estimate of drug-likeness (QED) is 0.748. The Morgan fingerprint density at radius 1 is 1.00 bits per heavy atom. The molecule has 1 aromatic carbocycles. The van der Waals surface area contributed by atoms with E-state index in [-0.39, 0.29) is 6.04 Å². The average molecular weight is 436 g/mol. The highest BCUT2D eigenvalue weighted by Gasteiger charge is 2.21. The molecule has 0 spiro atoms. The molecule has 1 aliphatic carbocycles. The molecule has 1 aromatic heterocycles. The molecule has 1 unspecified atom stereocenters. The van der Waals surface area contributed by atoms with Crippen molar-refractivity contribution in [2.24, 2.45) is 0 Å². The van der Waals surface area contributed by atoms with E-state index in [1.54, 1.807) is 0 Å². The van der Waals surface area contributed by atoms with Gasteiger partial charge in [-0.3, -0.25) is 9.80 Å². The van der Waals surface area contributed by atoms with E-state index in [4.69, 9.17) is 14.5 Å². The number of aromatic nitrogens is 2. The van der Waals surface area contributed by atoms with Gasteiger partial charge in [0.05, 0.1) is 38.0 Å². The van der Waals surface area contributed by atoms with Crippen molar-refractivity contribution in [3.8, 4) is 0 Å². The van der Waals surface area contributed by atoms with Gasteiger partial charge in [0.1, 0.15) is 0 Å². The van der Waals surface area contributed by atoms with Crippen molar-refractivity contribution in [2.45, 2.75) is 19.4 Å². The van der Waals surface area contributed by atoms with Crippen LogP contribution in [0.3, 0.4) is 0 Å². The molecule has 7 heteroatoms. The van der Waals surface area contributed by atoms with Crippen molar-refractivity contribution in [3.63, 3.8) is 0 Å². The van der Waals surface area contributed by atoms with E-state index in [0.717, 1.165) is 83.0 Å². The van der Waals surface area contributed by atoms with Gasteiger partial charge in [-0.15, -0.1) is 0 Å². The van der Waals surface area contributed by atoms with E-state index in [9.17, 15) is 0 Å². The van der Waals surface area contributed by atoms with Gasteiger partial charge in [0.15, 0.2) is 0 Å². The lowest BCUT2D eigenvalue weighted by Crippen LogP contribution is -2.39. The summed E-state index contributed by atoms with van der Waals surface area (Å²) in [5, 5.41) is 4.68. The molecule has 0 radical (unpaired) electrons. The summed E-state index contributed by atoms with van der Waals surface area (Å²) in [4.78, 5) is 14.3. The summed E-state index contributed by atoms with van der Waals surface area (Å²) in [5.41, 5.74) is 5.04. The van der Waals surface area contributed by atoms with Crippen LogP contribution in [0.4, 0.5) is 5.95 Å². The number of morpholine rings is 2. The van der Waals surface area contributed by atoms with Crippen LogP contribution >= 0.6 is 0 Å². The number of aryl methyl sites for hydroxylation is 1. The maximum absolute atomic E-state index is 5.53. The molecule has 0 amide bonds. The first-order chi connectivity index (χ1) is 15.7. The predicted molar refractivity (Wildman–Crippen MR) is 127 cm³/mol. The zero-order chi connectivity index (χ0) is 21.8. The fourth-order valence-electron chi connectivity index (χ4n) is 4.72. The molecule has 2 aromatic rings. The topological polar surface area (TPSA) is 62.8 Å². The lowest BCUT2D eigenvalue weighted by Gasteiger charge is -2.32. The number of rotatable bonds is 6. The normalized spacial score (nSPS) is 23.1. The van der Waals surface area contributed by atoms with Crippen molar-refractivity contribution in [1.29, 1.82) is 0 Å². The highest BCUT2D eigenvalue weighted by molar-refractivity contribution is 5.79. The van der Waals surface area contributed by atoms with Gasteiger partial charge in [-0.2, -0.15) is 0 Å². The van der Waals surface area contributed by atoms with Gasteiger partial charge in [-0.05, 0) is 31.1 Å². The van der Waals surface area contributed by atoms with Crippen molar-refractivity contribution in [2.75, 3.05) is 71.0 Å². The monoisotopic (exact) mass is 435 g/mol. The first-order valence-electron chi connectivity index (χ1n) is 11.7. The summed E-state index contributed by atoms with van der Waals surface area (Å²) >= 11 is 0. The summed E-state index contributed by atoms with van der Waals surface area (Å²) in [5.74, 6) is 0.695. The van der Waals surface area contributed by atoms with E-state index >= 15 is 0 Å².